The van der Waals surface area contributed by atoms with E-state index in [1.807, 2.05) is 13.0 Å². The summed E-state index contributed by atoms with van der Waals surface area (Å²) in [4.78, 5) is 3.83. The van der Waals surface area contributed by atoms with Crippen LogP contribution in [-0.4, -0.2) is 5.16 Å². The molecule has 2 fully saturated rings. The number of nitrogens with zero attached hydrogens (tertiary/aromatic N) is 1. The van der Waals surface area contributed by atoms with Crippen molar-refractivity contribution in [1.82, 2.24) is 0 Å². The number of isothiocyanates is 1. The molecule has 2 aromatic rings. The fourth-order valence-corrected chi connectivity index (χ4v) is 4.69. The molecule has 0 amide bonds. The van der Waals surface area contributed by atoms with E-state index in [-0.39, 0.29) is 11.5 Å². The Bertz CT molecular complexity index is 831. The van der Waals surface area contributed by atoms with E-state index < -0.39 is 0 Å². The highest BCUT2D eigenvalue weighted by Crippen LogP contribution is 2.43. The second kappa shape index (κ2) is 8.04. The predicted molar refractivity (Wildman–Crippen MR) is 113 cm³/mol. The van der Waals surface area contributed by atoms with Gasteiger partial charge in [0.05, 0.1) is 5.16 Å². The molecule has 2 aliphatic carbocycles. The van der Waals surface area contributed by atoms with Crippen LogP contribution < -0.4 is 0 Å². The van der Waals surface area contributed by atoms with Crippen LogP contribution in [-0.2, 0) is 0 Å². The van der Waals surface area contributed by atoms with Crippen LogP contribution in [0.15, 0.2) is 41.4 Å². The number of hydrogen-bond acceptors (Lipinski definition) is 2. The second-order valence-electron chi connectivity index (χ2n) is 8.35. The maximum Gasteiger partial charge on any atom is 0.150 e. The lowest BCUT2D eigenvalue weighted by Gasteiger charge is -2.29. The van der Waals surface area contributed by atoms with Crippen LogP contribution in [0.25, 0.3) is 11.1 Å². The van der Waals surface area contributed by atoms with Crippen molar-refractivity contribution in [2.75, 3.05) is 0 Å². The smallest absolute Gasteiger partial charge is 0.150 e. The predicted octanol–water partition coefficient (Wildman–Crippen LogP) is 7.61. The lowest BCUT2D eigenvalue weighted by atomic mass is 9.77. The lowest BCUT2D eigenvalue weighted by molar-refractivity contribution is 0.299. The maximum atomic E-state index is 14.3. The molecule has 0 bridgehead atoms. The average Bonchev–Trinajstić information content (AvgIpc) is 3.49. The average molecular weight is 380 g/mol. The van der Waals surface area contributed by atoms with Crippen molar-refractivity contribution in [1.29, 1.82) is 0 Å². The van der Waals surface area contributed by atoms with Gasteiger partial charge in [-0.2, -0.15) is 4.99 Å². The van der Waals surface area contributed by atoms with Crippen molar-refractivity contribution in [3.05, 3.63) is 53.3 Å². The molecule has 2 aromatic carbocycles. The number of benzene rings is 2. The van der Waals surface area contributed by atoms with Crippen LogP contribution in [0.2, 0.25) is 0 Å². The molecule has 3 heteroatoms. The van der Waals surface area contributed by atoms with Crippen molar-refractivity contribution in [2.45, 2.75) is 57.8 Å². The van der Waals surface area contributed by atoms with Crippen LogP contribution in [0.4, 0.5) is 10.1 Å². The Morgan fingerprint density at radius 3 is 2.15 bits per heavy atom. The van der Waals surface area contributed by atoms with E-state index in [4.69, 9.17) is 0 Å². The Morgan fingerprint density at radius 1 is 0.963 bits per heavy atom. The third-order valence-corrected chi connectivity index (χ3v) is 6.43. The summed E-state index contributed by atoms with van der Waals surface area (Å²) in [6.07, 6.45) is 9.81. The Kier molecular flexibility index (Phi) is 5.52. The van der Waals surface area contributed by atoms with E-state index >= 15 is 0 Å². The molecule has 140 valence electrons. The fourth-order valence-electron chi connectivity index (χ4n) is 4.59. The third-order valence-electron chi connectivity index (χ3n) is 6.34. The third kappa shape index (κ3) is 4.36. The first-order valence-corrected chi connectivity index (χ1v) is 10.5. The highest BCUT2D eigenvalue weighted by molar-refractivity contribution is 7.78. The van der Waals surface area contributed by atoms with Gasteiger partial charge in [-0.3, -0.25) is 0 Å². The molecular formula is C24H26FNS. The first kappa shape index (κ1) is 18.5. The SMILES string of the molecule is Cc1cc(-c2ccc(C3CCC(CC4CC4)CC3)cc2)cc(F)c1N=C=S. The van der Waals surface area contributed by atoms with Crippen LogP contribution in [0.1, 0.15) is 62.0 Å². The minimum atomic E-state index is -0.347. The molecule has 0 saturated heterocycles. The van der Waals surface area contributed by atoms with Gasteiger partial charge in [-0.05, 0) is 103 Å². The Morgan fingerprint density at radius 2 is 1.59 bits per heavy atom. The largest absolute Gasteiger partial charge is 0.205 e. The highest BCUT2D eigenvalue weighted by Gasteiger charge is 2.29. The topological polar surface area (TPSA) is 12.4 Å². The zero-order valence-electron chi connectivity index (χ0n) is 15.9. The van der Waals surface area contributed by atoms with Crippen LogP contribution >= 0.6 is 12.2 Å². The van der Waals surface area contributed by atoms with E-state index in [2.05, 4.69) is 46.6 Å². The normalized spacial score (nSPS) is 22.3. The fraction of sp³-hybridized carbons (Fsp3) is 0.458. The molecular weight excluding hydrogens is 353 g/mol. The summed E-state index contributed by atoms with van der Waals surface area (Å²) in [5.41, 5.74) is 4.42. The zero-order chi connectivity index (χ0) is 18.8. The van der Waals surface area contributed by atoms with Gasteiger partial charge in [-0.1, -0.05) is 37.1 Å². The van der Waals surface area contributed by atoms with Gasteiger partial charge in [0.2, 0.25) is 0 Å². The monoisotopic (exact) mass is 379 g/mol. The van der Waals surface area contributed by atoms with Crippen LogP contribution in [0, 0.1) is 24.6 Å². The molecule has 0 aliphatic heterocycles. The van der Waals surface area contributed by atoms with Crippen molar-refractivity contribution in [3.8, 4) is 11.1 Å². The van der Waals surface area contributed by atoms with Gasteiger partial charge < -0.3 is 0 Å². The van der Waals surface area contributed by atoms with Crippen molar-refractivity contribution in [3.63, 3.8) is 0 Å². The lowest BCUT2D eigenvalue weighted by Crippen LogP contribution is -2.13. The Labute approximate surface area is 166 Å². The Hall–Kier alpha value is -1.83. The molecule has 2 aliphatic rings. The number of thiocarbonyl (C=S) groups is 1. The highest BCUT2D eigenvalue weighted by atomic mass is 32.1. The summed E-state index contributed by atoms with van der Waals surface area (Å²) in [6.45, 7) is 1.85. The Balaban J connectivity index is 1.45. The molecule has 1 nitrogen and oxygen atoms in total. The summed E-state index contributed by atoms with van der Waals surface area (Å²) in [6, 6.07) is 12.2. The molecule has 0 heterocycles. The van der Waals surface area contributed by atoms with E-state index in [1.54, 1.807) is 0 Å². The van der Waals surface area contributed by atoms with E-state index in [0.29, 0.717) is 5.92 Å². The molecule has 0 spiro atoms. The van der Waals surface area contributed by atoms with Gasteiger partial charge in [0.25, 0.3) is 0 Å². The van der Waals surface area contributed by atoms with Gasteiger partial charge in [-0.25, -0.2) is 4.39 Å². The summed E-state index contributed by atoms with van der Waals surface area (Å²) in [5.74, 6) is 2.36. The van der Waals surface area contributed by atoms with Crippen molar-refractivity contribution in [2.24, 2.45) is 16.8 Å². The number of rotatable bonds is 5. The molecule has 4 rings (SSSR count). The van der Waals surface area contributed by atoms with Gasteiger partial charge in [-0.15, -0.1) is 0 Å². The van der Waals surface area contributed by atoms with Crippen molar-refractivity contribution >= 4 is 23.1 Å². The van der Waals surface area contributed by atoms with Crippen LogP contribution in [0.5, 0.6) is 0 Å². The molecule has 0 radical (unpaired) electrons. The number of hydrogen-bond donors (Lipinski definition) is 0. The molecule has 27 heavy (non-hydrogen) atoms. The maximum absolute atomic E-state index is 14.3. The van der Waals surface area contributed by atoms with E-state index in [0.717, 1.165) is 28.5 Å². The summed E-state index contributed by atoms with van der Waals surface area (Å²) >= 11 is 4.60. The van der Waals surface area contributed by atoms with E-state index in [1.165, 1.54) is 56.6 Å². The second-order valence-corrected chi connectivity index (χ2v) is 8.53. The zero-order valence-corrected chi connectivity index (χ0v) is 16.7. The first-order valence-electron chi connectivity index (χ1n) is 10.1. The quantitative estimate of drug-likeness (QED) is 0.384. The summed E-state index contributed by atoms with van der Waals surface area (Å²) < 4.78 is 14.3. The van der Waals surface area contributed by atoms with Crippen molar-refractivity contribution < 1.29 is 4.39 Å². The minimum absolute atomic E-state index is 0.285. The number of halogens is 1. The van der Waals surface area contributed by atoms with Gasteiger partial charge in [0.1, 0.15) is 5.69 Å². The molecule has 0 unspecified atom stereocenters. The van der Waals surface area contributed by atoms with Gasteiger partial charge in [0.15, 0.2) is 5.82 Å². The molecule has 0 atom stereocenters. The molecule has 0 aromatic heterocycles. The first-order chi connectivity index (χ1) is 13.1. The molecule has 2 saturated carbocycles. The van der Waals surface area contributed by atoms with Crippen LogP contribution in [0.3, 0.4) is 0 Å². The minimum Gasteiger partial charge on any atom is -0.205 e. The molecule has 0 N–H and O–H groups in total. The number of aryl methyl sites for hydroxylation is 1. The standard InChI is InChI=1S/C24H26FNS/c1-16-12-22(14-23(25)24(16)26-15-27)21-10-8-20(9-11-21)19-6-4-18(5-7-19)13-17-2-3-17/h8-12,14,17-19H,2-7,13H2,1H3. The van der Waals surface area contributed by atoms with Gasteiger partial charge >= 0.3 is 0 Å². The summed E-state index contributed by atoms with van der Waals surface area (Å²) in [7, 11) is 0. The number of aliphatic imine (C=N–C) groups is 1. The van der Waals surface area contributed by atoms with Gasteiger partial charge in [0, 0.05) is 0 Å². The van der Waals surface area contributed by atoms with E-state index in [9.17, 15) is 4.39 Å². The summed E-state index contributed by atoms with van der Waals surface area (Å²) in [5, 5.41) is 2.25.